The summed E-state index contributed by atoms with van der Waals surface area (Å²) in [5.41, 5.74) is 7.63. The van der Waals surface area contributed by atoms with Crippen molar-refractivity contribution < 1.29 is 0 Å². The molecule has 188 valence electrons. The van der Waals surface area contributed by atoms with Crippen molar-refractivity contribution in [2.75, 3.05) is 31.1 Å². The van der Waals surface area contributed by atoms with Crippen molar-refractivity contribution in [3.8, 4) is 22.8 Å². The molecule has 5 aromatic heterocycles. The van der Waals surface area contributed by atoms with E-state index in [1.807, 2.05) is 24.8 Å². The number of likely N-dealkylation sites (tertiary alicyclic amines) is 1. The Labute approximate surface area is 215 Å². The van der Waals surface area contributed by atoms with Crippen LogP contribution in [0.1, 0.15) is 44.1 Å². The number of aromatic amines is 2. The van der Waals surface area contributed by atoms with Gasteiger partial charge in [-0.3, -0.25) is 20.0 Å². The topological polar surface area (TPSA) is 103 Å². The van der Waals surface area contributed by atoms with Crippen molar-refractivity contribution >= 4 is 27.8 Å². The van der Waals surface area contributed by atoms with E-state index in [0.717, 1.165) is 58.7 Å². The third-order valence-electron chi connectivity index (χ3n) is 7.68. The van der Waals surface area contributed by atoms with Gasteiger partial charge in [-0.05, 0) is 69.0 Å². The van der Waals surface area contributed by atoms with Gasteiger partial charge in [-0.25, -0.2) is 9.97 Å². The average Bonchev–Trinajstić information content (AvgIpc) is 3.58. The molecule has 0 saturated carbocycles. The predicted octanol–water partition coefficient (Wildman–Crippen LogP) is 4.93. The van der Waals surface area contributed by atoms with E-state index in [1.165, 1.54) is 62.9 Å². The molecule has 5 aromatic rings. The monoisotopic (exact) mass is 493 g/mol. The van der Waals surface area contributed by atoms with Crippen LogP contribution in [0.4, 0.5) is 5.69 Å². The molecule has 0 aliphatic carbocycles. The summed E-state index contributed by atoms with van der Waals surface area (Å²) in [6, 6.07) is 6.39. The highest BCUT2D eigenvalue weighted by Gasteiger charge is 2.19. The summed E-state index contributed by atoms with van der Waals surface area (Å²) in [5.74, 6) is 0.715. The Morgan fingerprint density at radius 1 is 0.865 bits per heavy atom. The second-order valence-corrected chi connectivity index (χ2v) is 10.3. The molecule has 0 atom stereocenters. The molecule has 0 radical (unpaired) electrons. The molecule has 9 nitrogen and oxygen atoms in total. The first-order valence-corrected chi connectivity index (χ1v) is 13.4. The number of hydrogen-bond acceptors (Lipinski definition) is 7. The molecule has 0 amide bonds. The molecule has 2 fully saturated rings. The van der Waals surface area contributed by atoms with E-state index >= 15 is 0 Å². The van der Waals surface area contributed by atoms with Crippen molar-refractivity contribution in [2.24, 2.45) is 0 Å². The summed E-state index contributed by atoms with van der Waals surface area (Å²) in [4.78, 5) is 27.1. The number of rotatable bonds is 5. The summed E-state index contributed by atoms with van der Waals surface area (Å²) in [7, 11) is 0. The Morgan fingerprint density at radius 2 is 1.70 bits per heavy atom. The number of hydrogen-bond donors (Lipinski definition) is 2. The summed E-state index contributed by atoms with van der Waals surface area (Å²) >= 11 is 0. The third kappa shape index (κ3) is 4.33. The number of aromatic nitrogens is 7. The number of piperidine rings is 2. The maximum Gasteiger partial charge on any atom is 0.180 e. The van der Waals surface area contributed by atoms with Crippen LogP contribution in [0.3, 0.4) is 0 Å². The van der Waals surface area contributed by atoms with Crippen LogP contribution in [0, 0.1) is 0 Å². The summed E-state index contributed by atoms with van der Waals surface area (Å²) < 4.78 is 0. The number of pyridine rings is 3. The minimum absolute atomic E-state index is 0.715. The molecule has 2 aliphatic rings. The molecule has 2 N–H and O–H groups in total. The van der Waals surface area contributed by atoms with Gasteiger partial charge in [-0.15, -0.1) is 0 Å². The molecule has 0 spiro atoms. The molecule has 0 unspecified atom stereocenters. The van der Waals surface area contributed by atoms with Crippen LogP contribution in [0.5, 0.6) is 0 Å². The van der Waals surface area contributed by atoms with Gasteiger partial charge in [0.1, 0.15) is 11.2 Å². The van der Waals surface area contributed by atoms with Crippen LogP contribution in [0.2, 0.25) is 0 Å². The van der Waals surface area contributed by atoms with Crippen molar-refractivity contribution in [3.63, 3.8) is 0 Å². The largest absolute Gasteiger partial charge is 0.370 e. The molecular weight excluding hydrogens is 462 g/mol. The molecule has 0 aromatic carbocycles. The van der Waals surface area contributed by atoms with Gasteiger partial charge in [-0.1, -0.05) is 6.42 Å². The van der Waals surface area contributed by atoms with Gasteiger partial charge in [0.05, 0.1) is 23.1 Å². The lowest BCUT2D eigenvalue weighted by atomic mass is 10.1. The first-order chi connectivity index (χ1) is 18.3. The summed E-state index contributed by atoms with van der Waals surface area (Å²) in [5, 5.41) is 8.71. The maximum atomic E-state index is 4.83. The molecule has 37 heavy (non-hydrogen) atoms. The molecular formula is C28H31N9. The maximum absolute atomic E-state index is 4.83. The van der Waals surface area contributed by atoms with E-state index in [0.29, 0.717) is 5.82 Å². The number of nitrogens with one attached hydrogen (secondary N) is 2. The minimum atomic E-state index is 0.715. The van der Waals surface area contributed by atoms with Crippen LogP contribution in [0.25, 0.3) is 44.8 Å². The average molecular weight is 494 g/mol. The smallest absolute Gasteiger partial charge is 0.180 e. The van der Waals surface area contributed by atoms with Crippen molar-refractivity contribution in [3.05, 3.63) is 48.5 Å². The molecule has 2 aliphatic heterocycles. The zero-order valence-electron chi connectivity index (χ0n) is 21.0. The van der Waals surface area contributed by atoms with Gasteiger partial charge in [0, 0.05) is 49.2 Å². The number of nitrogens with zero attached hydrogens (tertiary/aromatic N) is 7. The van der Waals surface area contributed by atoms with Gasteiger partial charge in [0.2, 0.25) is 0 Å². The lowest BCUT2D eigenvalue weighted by Gasteiger charge is -2.28. The number of anilines is 1. The Hall–Kier alpha value is -3.85. The first kappa shape index (κ1) is 22.4. The summed E-state index contributed by atoms with van der Waals surface area (Å²) in [6.07, 6.45) is 15.2. The molecule has 9 heteroatoms. The standard InChI is InChI=1S/C28H31N9/c1-3-9-36(10-4-1)18-19-13-20(16-29-15-19)22-14-21-23(17-31-22)34-35-25(21)28-32-26-24(7-8-30-27(26)33-28)37-11-5-2-6-12-37/h7-8,13-17H,1-6,9-12,18H2,(H,34,35)(H,30,32,33). The van der Waals surface area contributed by atoms with Crippen LogP contribution in [0.15, 0.2) is 43.0 Å². The zero-order valence-corrected chi connectivity index (χ0v) is 21.0. The second-order valence-electron chi connectivity index (χ2n) is 10.3. The van der Waals surface area contributed by atoms with Gasteiger partial charge >= 0.3 is 0 Å². The van der Waals surface area contributed by atoms with E-state index < -0.39 is 0 Å². The van der Waals surface area contributed by atoms with E-state index in [9.17, 15) is 0 Å². The fourth-order valence-corrected chi connectivity index (χ4v) is 5.75. The Kier molecular flexibility index (Phi) is 5.77. The summed E-state index contributed by atoms with van der Waals surface area (Å²) in [6.45, 7) is 5.40. The normalized spacial score (nSPS) is 17.1. The van der Waals surface area contributed by atoms with Gasteiger partial charge < -0.3 is 9.88 Å². The van der Waals surface area contributed by atoms with Crippen LogP contribution in [-0.4, -0.2) is 66.2 Å². The van der Waals surface area contributed by atoms with Gasteiger partial charge in [-0.2, -0.15) is 5.10 Å². The fourth-order valence-electron chi connectivity index (χ4n) is 5.75. The number of fused-ring (bicyclic) bond motifs is 2. The Bertz CT molecular complexity index is 1540. The van der Waals surface area contributed by atoms with E-state index in [-0.39, 0.29) is 0 Å². The lowest BCUT2D eigenvalue weighted by Crippen LogP contribution is -2.29. The Morgan fingerprint density at radius 3 is 2.57 bits per heavy atom. The fraction of sp³-hybridized carbons (Fsp3) is 0.393. The predicted molar refractivity (Wildman–Crippen MR) is 145 cm³/mol. The SMILES string of the molecule is c1cc(N2CCCCC2)c2[nH]c(-c3n[nH]c4cnc(-c5cncc(CN6CCCCC6)c5)cc34)nc2n1. The van der Waals surface area contributed by atoms with E-state index in [1.54, 1.807) is 0 Å². The van der Waals surface area contributed by atoms with Crippen molar-refractivity contribution in [1.82, 2.24) is 40.0 Å². The van der Waals surface area contributed by atoms with Crippen LogP contribution in [-0.2, 0) is 6.54 Å². The zero-order chi connectivity index (χ0) is 24.6. The number of H-pyrrole nitrogens is 2. The molecule has 7 heterocycles. The van der Waals surface area contributed by atoms with Crippen LogP contribution < -0.4 is 4.90 Å². The molecule has 0 bridgehead atoms. The third-order valence-corrected chi connectivity index (χ3v) is 7.68. The van der Waals surface area contributed by atoms with E-state index in [4.69, 9.17) is 9.97 Å². The molecule has 7 rings (SSSR count). The van der Waals surface area contributed by atoms with Crippen molar-refractivity contribution in [1.29, 1.82) is 0 Å². The van der Waals surface area contributed by atoms with E-state index in [2.05, 4.69) is 53.1 Å². The van der Waals surface area contributed by atoms with Gasteiger partial charge in [0.15, 0.2) is 11.5 Å². The van der Waals surface area contributed by atoms with Crippen LogP contribution >= 0.6 is 0 Å². The quantitative estimate of drug-likeness (QED) is 0.358. The highest BCUT2D eigenvalue weighted by molar-refractivity contribution is 5.95. The van der Waals surface area contributed by atoms with Crippen molar-refractivity contribution in [2.45, 2.75) is 45.1 Å². The highest BCUT2D eigenvalue weighted by atomic mass is 15.2. The van der Waals surface area contributed by atoms with Gasteiger partial charge in [0.25, 0.3) is 0 Å². The minimum Gasteiger partial charge on any atom is -0.370 e. The second kappa shape index (κ2) is 9.55. The highest BCUT2D eigenvalue weighted by Crippen LogP contribution is 2.32. The lowest BCUT2D eigenvalue weighted by molar-refractivity contribution is 0.220. The first-order valence-electron chi connectivity index (χ1n) is 13.4. The number of imidazole rings is 1. The Balaban J connectivity index is 1.23. The molecule has 2 saturated heterocycles.